The number of aromatic nitrogens is 1. The molecule has 1 heterocycles. The van der Waals surface area contributed by atoms with Crippen molar-refractivity contribution in [2.45, 2.75) is 0 Å². The van der Waals surface area contributed by atoms with Crippen molar-refractivity contribution in [2.75, 3.05) is 0 Å². The van der Waals surface area contributed by atoms with Gasteiger partial charge in [-0.1, -0.05) is 23.7 Å². The summed E-state index contributed by atoms with van der Waals surface area (Å²) in [6, 6.07) is 8.30. The van der Waals surface area contributed by atoms with Crippen LogP contribution >= 0.6 is 0 Å². The molecule has 1 aromatic heterocycles. The van der Waals surface area contributed by atoms with E-state index in [2.05, 4.69) is 31.0 Å². The smallest absolute Gasteiger partial charge is 0.140 e. The molecule has 0 radical (unpaired) electrons. The summed E-state index contributed by atoms with van der Waals surface area (Å²) in [7, 11) is 2.10. The van der Waals surface area contributed by atoms with Crippen LogP contribution in [-0.2, 0) is 0 Å². The van der Waals surface area contributed by atoms with Crippen molar-refractivity contribution in [3.63, 3.8) is 0 Å². The van der Waals surface area contributed by atoms with Gasteiger partial charge in [-0.2, -0.15) is 0 Å². The first-order valence-electron chi connectivity index (χ1n) is 3.67. The fourth-order valence-electron chi connectivity index (χ4n) is 1.27. The molecule has 0 amide bonds. The summed E-state index contributed by atoms with van der Waals surface area (Å²) in [6.45, 7) is 0. The van der Waals surface area contributed by atoms with Gasteiger partial charge >= 0.3 is 0 Å². The molecule has 1 aromatic carbocycles. The molecule has 1 nitrogen and oxygen atoms in total. The average molecular weight is 141 g/mol. The molecule has 0 bridgehead atoms. The fraction of sp³-hybridized carbons (Fsp3) is 0. The topological polar surface area (TPSA) is 12.9 Å². The summed E-state index contributed by atoms with van der Waals surface area (Å²) in [6.07, 6.45) is 3.73. The maximum absolute atomic E-state index is 4.07. The van der Waals surface area contributed by atoms with Crippen LogP contribution in [0.15, 0.2) is 36.7 Å². The zero-order valence-electron chi connectivity index (χ0n) is 6.41. The third kappa shape index (κ3) is 1.00. The van der Waals surface area contributed by atoms with Crippen LogP contribution in [0.5, 0.6) is 0 Å². The van der Waals surface area contributed by atoms with E-state index in [0.29, 0.717) is 0 Å². The van der Waals surface area contributed by atoms with E-state index < -0.39 is 0 Å². The SMILES string of the molecule is Bc1cccc2ccncc12. The Morgan fingerprint density at radius 2 is 2.09 bits per heavy atom. The van der Waals surface area contributed by atoms with Crippen molar-refractivity contribution < 1.29 is 0 Å². The Hall–Kier alpha value is -1.31. The normalized spacial score (nSPS) is 10.2. The summed E-state index contributed by atoms with van der Waals surface area (Å²) in [4.78, 5) is 4.07. The first-order chi connectivity index (χ1) is 5.38. The Balaban J connectivity index is 2.91. The molecule has 2 aromatic rings. The second-order valence-corrected chi connectivity index (χ2v) is 2.67. The van der Waals surface area contributed by atoms with Crippen molar-refractivity contribution >= 4 is 24.1 Å². The van der Waals surface area contributed by atoms with Crippen molar-refractivity contribution in [2.24, 2.45) is 0 Å². The van der Waals surface area contributed by atoms with Crippen LogP contribution in [0, 0.1) is 0 Å². The van der Waals surface area contributed by atoms with E-state index in [9.17, 15) is 0 Å². The van der Waals surface area contributed by atoms with Gasteiger partial charge in [0.05, 0.1) is 0 Å². The molecule has 0 unspecified atom stereocenters. The van der Waals surface area contributed by atoms with Gasteiger partial charge in [-0.15, -0.1) is 0 Å². The van der Waals surface area contributed by atoms with E-state index in [1.165, 1.54) is 16.2 Å². The molecule has 0 aliphatic rings. The molecule has 0 aliphatic carbocycles. The predicted molar refractivity (Wildman–Crippen MR) is 49.9 cm³/mol. The van der Waals surface area contributed by atoms with Gasteiger partial charge in [-0.25, -0.2) is 0 Å². The third-order valence-corrected chi connectivity index (χ3v) is 1.90. The lowest BCUT2D eigenvalue weighted by atomic mass is 9.91. The summed E-state index contributed by atoms with van der Waals surface area (Å²) >= 11 is 0. The van der Waals surface area contributed by atoms with Gasteiger partial charge in [0.2, 0.25) is 0 Å². The molecule has 0 saturated carbocycles. The maximum Gasteiger partial charge on any atom is 0.140 e. The highest BCUT2D eigenvalue weighted by Gasteiger charge is 1.92. The molecular weight excluding hydrogens is 133 g/mol. The number of benzene rings is 1. The third-order valence-electron chi connectivity index (χ3n) is 1.90. The van der Waals surface area contributed by atoms with Crippen LogP contribution in [0.1, 0.15) is 0 Å². The largest absolute Gasteiger partial charge is 0.264 e. The van der Waals surface area contributed by atoms with Crippen LogP contribution in [0.25, 0.3) is 10.8 Å². The maximum atomic E-state index is 4.07. The standard InChI is InChI=1S/C9H8BN/c10-9-3-1-2-7-4-5-11-6-8(7)9/h1-6H,10H2. The molecule has 0 fully saturated rings. The van der Waals surface area contributed by atoms with E-state index >= 15 is 0 Å². The van der Waals surface area contributed by atoms with Crippen LogP contribution in [-0.4, -0.2) is 12.8 Å². The van der Waals surface area contributed by atoms with Gasteiger partial charge in [-0.05, 0) is 16.8 Å². The average Bonchev–Trinajstić information content (AvgIpc) is 2.06. The highest BCUT2D eigenvalue weighted by Crippen LogP contribution is 2.07. The van der Waals surface area contributed by atoms with Gasteiger partial charge < -0.3 is 0 Å². The first-order valence-corrected chi connectivity index (χ1v) is 3.67. The van der Waals surface area contributed by atoms with Crippen LogP contribution in [0.2, 0.25) is 0 Å². The molecule has 0 atom stereocenters. The quantitative estimate of drug-likeness (QED) is 0.486. The van der Waals surface area contributed by atoms with Crippen LogP contribution in [0.3, 0.4) is 0 Å². The van der Waals surface area contributed by atoms with E-state index in [4.69, 9.17) is 0 Å². The summed E-state index contributed by atoms with van der Waals surface area (Å²) in [5.41, 5.74) is 1.29. The highest BCUT2D eigenvalue weighted by molar-refractivity contribution is 6.38. The number of pyridine rings is 1. The van der Waals surface area contributed by atoms with E-state index in [1.807, 2.05) is 18.5 Å². The lowest BCUT2D eigenvalue weighted by molar-refractivity contribution is 1.37. The van der Waals surface area contributed by atoms with Gasteiger partial charge in [0, 0.05) is 12.4 Å². The van der Waals surface area contributed by atoms with Gasteiger partial charge in [0.25, 0.3) is 0 Å². The molecule has 2 heteroatoms. The van der Waals surface area contributed by atoms with E-state index in [-0.39, 0.29) is 0 Å². The molecule has 0 saturated heterocycles. The van der Waals surface area contributed by atoms with Crippen molar-refractivity contribution in [3.05, 3.63) is 36.7 Å². The summed E-state index contributed by atoms with van der Waals surface area (Å²) in [5.74, 6) is 0. The zero-order chi connectivity index (χ0) is 7.68. The molecule has 11 heavy (non-hydrogen) atoms. The lowest BCUT2D eigenvalue weighted by Crippen LogP contribution is -2.02. The Morgan fingerprint density at radius 3 is 2.91 bits per heavy atom. The minimum atomic E-state index is 1.25. The molecule has 0 N–H and O–H groups in total. The van der Waals surface area contributed by atoms with Crippen LogP contribution < -0.4 is 5.46 Å². The first kappa shape index (κ1) is 6.41. The fourth-order valence-corrected chi connectivity index (χ4v) is 1.27. The minimum absolute atomic E-state index is 1.25. The molecule has 0 spiro atoms. The minimum Gasteiger partial charge on any atom is -0.264 e. The molecule has 52 valence electrons. The van der Waals surface area contributed by atoms with Gasteiger partial charge in [0.15, 0.2) is 0 Å². The number of fused-ring (bicyclic) bond motifs is 1. The Morgan fingerprint density at radius 1 is 1.18 bits per heavy atom. The number of rotatable bonds is 0. The second-order valence-electron chi connectivity index (χ2n) is 2.67. The van der Waals surface area contributed by atoms with Gasteiger partial charge in [0.1, 0.15) is 7.85 Å². The lowest BCUT2D eigenvalue weighted by Gasteiger charge is -1.98. The zero-order valence-corrected chi connectivity index (χ0v) is 6.41. The predicted octanol–water partition coefficient (Wildman–Crippen LogP) is 0.493. The summed E-state index contributed by atoms with van der Waals surface area (Å²) in [5, 5.41) is 2.51. The Labute approximate surface area is 66.5 Å². The molecule has 2 rings (SSSR count). The summed E-state index contributed by atoms with van der Waals surface area (Å²) < 4.78 is 0. The molecule has 0 aliphatic heterocycles. The van der Waals surface area contributed by atoms with Crippen molar-refractivity contribution in [3.8, 4) is 0 Å². The van der Waals surface area contributed by atoms with Crippen molar-refractivity contribution in [1.82, 2.24) is 4.98 Å². The van der Waals surface area contributed by atoms with Crippen molar-refractivity contribution in [1.29, 1.82) is 0 Å². The number of hydrogen-bond acceptors (Lipinski definition) is 1. The number of nitrogens with zero attached hydrogens (tertiary/aromatic N) is 1. The van der Waals surface area contributed by atoms with E-state index in [0.717, 1.165) is 0 Å². The Kier molecular flexibility index (Phi) is 1.39. The Bertz CT molecular complexity index is 379. The number of hydrogen-bond donors (Lipinski definition) is 0. The monoisotopic (exact) mass is 141 g/mol. The molecular formula is C9H8BN. The van der Waals surface area contributed by atoms with E-state index in [1.54, 1.807) is 0 Å². The second kappa shape index (κ2) is 2.38. The van der Waals surface area contributed by atoms with Gasteiger partial charge in [-0.3, -0.25) is 4.98 Å². The van der Waals surface area contributed by atoms with Crippen LogP contribution in [0.4, 0.5) is 0 Å². The highest BCUT2D eigenvalue weighted by atomic mass is 14.6.